The third-order valence-electron chi connectivity index (χ3n) is 3.37. The fourth-order valence-corrected chi connectivity index (χ4v) is 5.36. The van der Waals surface area contributed by atoms with Crippen molar-refractivity contribution in [1.82, 2.24) is 0 Å². The van der Waals surface area contributed by atoms with Crippen LogP contribution >= 0.6 is 0 Å². The normalized spacial score (nSPS) is 10.8. The minimum atomic E-state index is -2.12. The van der Waals surface area contributed by atoms with E-state index in [4.69, 9.17) is 14.7 Å². The van der Waals surface area contributed by atoms with Crippen LogP contribution in [0.5, 0.6) is 0 Å². The molecule has 0 N–H and O–H groups in total. The molecular formula is C17H23N3O5Si. The van der Waals surface area contributed by atoms with E-state index in [2.05, 4.69) is 25.2 Å². The molecule has 0 saturated heterocycles. The topological polar surface area (TPSA) is 115 Å². The van der Waals surface area contributed by atoms with Crippen LogP contribution in [0.15, 0.2) is 36.6 Å². The molecule has 1 aromatic carbocycles. The Bertz CT molecular complexity index is 737. The van der Waals surface area contributed by atoms with Gasteiger partial charge in [0.1, 0.15) is 6.61 Å². The van der Waals surface area contributed by atoms with Crippen LogP contribution < -0.4 is 0 Å². The van der Waals surface area contributed by atoms with Crippen molar-refractivity contribution in [2.24, 2.45) is 5.92 Å². The van der Waals surface area contributed by atoms with Gasteiger partial charge in [0.25, 0.3) is 5.69 Å². The van der Waals surface area contributed by atoms with Crippen molar-refractivity contribution in [2.45, 2.75) is 39.6 Å². The van der Waals surface area contributed by atoms with Gasteiger partial charge in [0.2, 0.25) is 8.32 Å². The van der Waals surface area contributed by atoms with E-state index in [0.29, 0.717) is 11.5 Å². The zero-order valence-electron chi connectivity index (χ0n) is 15.4. The van der Waals surface area contributed by atoms with Crippen molar-refractivity contribution < 1.29 is 23.7 Å². The molecule has 0 spiro atoms. The second-order valence-electron chi connectivity index (χ2n) is 6.83. The highest BCUT2D eigenvalue weighted by Crippen LogP contribution is 2.21. The molecule has 1 aromatic rings. The molecule has 0 unspecified atom stereocenters. The minimum Gasteiger partial charge on any atom is -0.539 e. The summed E-state index contributed by atoms with van der Waals surface area (Å²) in [5, 5.41) is 10.6. The predicted octanol–water partition coefficient (Wildman–Crippen LogP) is 3.70. The zero-order chi connectivity index (χ0) is 19.9. The second-order valence-corrected chi connectivity index (χ2v) is 11.0. The molecular weight excluding hydrogens is 354 g/mol. The fraction of sp³-hybridized carbons (Fsp3) is 0.412. The molecule has 0 aliphatic heterocycles. The van der Waals surface area contributed by atoms with Gasteiger partial charge in [0, 0.05) is 12.1 Å². The van der Waals surface area contributed by atoms with E-state index in [1.54, 1.807) is 0 Å². The van der Waals surface area contributed by atoms with Gasteiger partial charge in [-0.2, -0.15) is 4.79 Å². The maximum Gasteiger partial charge on any atom is 0.438 e. The largest absolute Gasteiger partial charge is 0.539 e. The number of nitro groups is 1. The molecule has 0 fully saturated rings. The van der Waals surface area contributed by atoms with Crippen molar-refractivity contribution in [2.75, 3.05) is 0 Å². The Morgan fingerprint density at radius 1 is 1.35 bits per heavy atom. The summed E-state index contributed by atoms with van der Waals surface area (Å²) < 4.78 is 10.9. The highest BCUT2D eigenvalue weighted by molar-refractivity contribution is 6.71. The minimum absolute atomic E-state index is 0.0292. The average Bonchev–Trinajstić information content (AvgIpc) is 2.52. The summed E-state index contributed by atoms with van der Waals surface area (Å²) in [6.45, 7) is 11.6. The smallest absolute Gasteiger partial charge is 0.438 e. The van der Waals surface area contributed by atoms with Crippen LogP contribution in [0.1, 0.15) is 19.4 Å². The maximum atomic E-state index is 12.1. The molecule has 0 atom stereocenters. The Morgan fingerprint density at radius 2 is 1.92 bits per heavy atom. The number of rotatable bonds is 9. The number of nitrogens with zero attached hydrogens (tertiary/aromatic N) is 3. The molecule has 0 aromatic heterocycles. The van der Waals surface area contributed by atoms with E-state index in [0.717, 1.165) is 6.04 Å². The number of carbonyl (C=O) groups excluding carboxylic acids is 1. The van der Waals surface area contributed by atoms with Gasteiger partial charge in [0.15, 0.2) is 5.76 Å². The van der Waals surface area contributed by atoms with E-state index in [-0.39, 0.29) is 18.1 Å². The molecule has 8 nitrogen and oxygen atoms in total. The van der Waals surface area contributed by atoms with Crippen molar-refractivity contribution >= 4 is 25.7 Å². The van der Waals surface area contributed by atoms with Crippen molar-refractivity contribution in [3.05, 3.63) is 57.8 Å². The van der Waals surface area contributed by atoms with Gasteiger partial charge >= 0.3 is 11.7 Å². The quantitative estimate of drug-likeness (QED) is 0.0951. The first-order valence-corrected chi connectivity index (χ1v) is 11.2. The van der Waals surface area contributed by atoms with Crippen molar-refractivity contribution in [3.8, 4) is 0 Å². The van der Waals surface area contributed by atoms with Crippen LogP contribution in [0.2, 0.25) is 19.1 Å². The standard InChI is InChI=1S/C17H23N3O5Si/c1-12(2)11-26(4,5)25-13(3)16(19-18)17(21)24-10-14-6-8-15(9-7-14)20(22)23/h6-9,12H,3,10-11H2,1-2,4-5H3. The predicted molar refractivity (Wildman–Crippen MR) is 98.9 cm³/mol. The summed E-state index contributed by atoms with van der Waals surface area (Å²) >= 11 is 0. The van der Waals surface area contributed by atoms with Gasteiger partial charge in [-0.25, -0.2) is 4.79 Å². The average molecular weight is 377 g/mol. The summed E-state index contributed by atoms with van der Waals surface area (Å²) in [6, 6.07) is 6.43. The van der Waals surface area contributed by atoms with Crippen LogP contribution in [-0.2, 0) is 20.6 Å². The van der Waals surface area contributed by atoms with Gasteiger partial charge in [-0.15, -0.1) is 0 Å². The third kappa shape index (κ3) is 6.62. The summed E-state index contributed by atoms with van der Waals surface area (Å²) in [4.78, 5) is 25.2. The van der Waals surface area contributed by atoms with Gasteiger partial charge in [-0.05, 0) is 49.3 Å². The van der Waals surface area contributed by atoms with Crippen LogP contribution in [0.4, 0.5) is 5.69 Å². The Morgan fingerprint density at radius 3 is 2.38 bits per heavy atom. The van der Waals surface area contributed by atoms with E-state index < -0.39 is 24.9 Å². The first-order valence-electron chi connectivity index (χ1n) is 8.06. The van der Waals surface area contributed by atoms with Gasteiger partial charge in [0.05, 0.1) is 4.92 Å². The Balaban J connectivity index is 2.70. The van der Waals surface area contributed by atoms with Gasteiger partial charge in [-0.1, -0.05) is 13.8 Å². The number of hydrogen-bond donors (Lipinski definition) is 0. The van der Waals surface area contributed by atoms with E-state index in [1.165, 1.54) is 24.3 Å². The summed E-state index contributed by atoms with van der Waals surface area (Å²) in [5.41, 5.74) is 9.23. The zero-order valence-corrected chi connectivity index (χ0v) is 16.4. The van der Waals surface area contributed by atoms with Crippen LogP contribution in [-0.4, -0.2) is 29.7 Å². The number of carbonyl (C=O) groups is 1. The molecule has 0 heterocycles. The molecule has 0 aliphatic rings. The van der Waals surface area contributed by atoms with Crippen LogP contribution in [0, 0.1) is 16.0 Å². The number of ether oxygens (including phenoxy) is 1. The van der Waals surface area contributed by atoms with Gasteiger partial charge in [-0.3, -0.25) is 10.1 Å². The first-order chi connectivity index (χ1) is 12.1. The van der Waals surface area contributed by atoms with E-state index in [1.807, 2.05) is 13.1 Å². The molecule has 0 amide bonds. The van der Waals surface area contributed by atoms with E-state index >= 15 is 0 Å². The molecule has 140 valence electrons. The molecule has 26 heavy (non-hydrogen) atoms. The fourth-order valence-electron chi connectivity index (χ4n) is 2.55. The SMILES string of the molecule is C=C(O[Si](C)(C)CC(C)C)C(=[N+]=[N-])C(=O)OCc1ccc([N+](=O)[O-])cc1. The molecule has 0 radical (unpaired) electrons. The lowest BCUT2D eigenvalue weighted by Gasteiger charge is -2.25. The highest BCUT2D eigenvalue weighted by atomic mass is 28.4. The molecule has 1 rings (SSSR count). The monoisotopic (exact) mass is 377 g/mol. The molecule has 9 heteroatoms. The van der Waals surface area contributed by atoms with E-state index in [9.17, 15) is 14.9 Å². The maximum absolute atomic E-state index is 12.1. The first kappa shape index (κ1) is 21.3. The van der Waals surface area contributed by atoms with Crippen molar-refractivity contribution in [1.29, 1.82) is 0 Å². The highest BCUT2D eigenvalue weighted by Gasteiger charge is 2.34. The lowest BCUT2D eigenvalue weighted by Crippen LogP contribution is -2.35. The van der Waals surface area contributed by atoms with Crippen LogP contribution in [0.3, 0.4) is 0 Å². The summed E-state index contributed by atoms with van der Waals surface area (Å²) in [5.74, 6) is -0.489. The molecule has 0 aliphatic carbocycles. The van der Waals surface area contributed by atoms with Crippen molar-refractivity contribution in [3.63, 3.8) is 0 Å². The number of esters is 1. The van der Waals surface area contributed by atoms with Crippen LogP contribution in [0.25, 0.3) is 5.53 Å². The molecule has 0 saturated carbocycles. The lowest BCUT2D eigenvalue weighted by molar-refractivity contribution is -0.384. The van der Waals surface area contributed by atoms with Gasteiger partial charge < -0.3 is 14.7 Å². The summed E-state index contributed by atoms with van der Waals surface area (Å²) in [7, 11) is -2.12. The number of hydrogen-bond acceptors (Lipinski definition) is 5. The lowest BCUT2D eigenvalue weighted by atomic mass is 10.2. The Hall–Kier alpha value is -2.77. The second kappa shape index (κ2) is 9.07. The molecule has 0 bridgehead atoms. The number of nitro benzene ring substituents is 1. The Labute approximate surface area is 153 Å². The number of benzene rings is 1. The summed E-state index contributed by atoms with van der Waals surface area (Å²) in [6.07, 6.45) is 0. The Kier molecular flexibility index (Phi) is 7.42. The number of non-ortho nitro benzene ring substituents is 1. The third-order valence-corrected chi connectivity index (χ3v) is 5.97.